The van der Waals surface area contributed by atoms with E-state index in [-0.39, 0.29) is 11.8 Å². The fourth-order valence-corrected chi connectivity index (χ4v) is 2.57. The molecule has 0 spiro atoms. The zero-order valence-electron chi connectivity index (χ0n) is 11.9. The van der Waals surface area contributed by atoms with Crippen LogP contribution in [0.5, 0.6) is 0 Å². The van der Waals surface area contributed by atoms with Crippen LogP contribution in [0.15, 0.2) is 12.4 Å². The Bertz CT molecular complexity index is 388. The van der Waals surface area contributed by atoms with E-state index in [4.69, 9.17) is 0 Å². The maximum absolute atomic E-state index is 12.1. The van der Waals surface area contributed by atoms with E-state index in [1.54, 1.807) is 12.4 Å². The summed E-state index contributed by atoms with van der Waals surface area (Å²) in [7, 11) is 0. The van der Waals surface area contributed by atoms with Crippen molar-refractivity contribution in [2.24, 2.45) is 5.92 Å². The number of amides is 1. The number of carbonyl (C=O) groups excluding carboxylic acids is 1. The number of carbonyl (C=O) groups is 1. The van der Waals surface area contributed by atoms with E-state index < -0.39 is 0 Å². The Morgan fingerprint density at radius 2 is 2.47 bits per heavy atom. The predicted molar refractivity (Wildman–Crippen MR) is 74.7 cm³/mol. The molecule has 1 aromatic rings. The predicted octanol–water partition coefficient (Wildman–Crippen LogP) is 1.19. The second kappa shape index (κ2) is 6.70. The average molecular weight is 264 g/mol. The highest BCUT2D eigenvalue weighted by Gasteiger charge is 2.26. The normalized spacial score (nSPS) is 20.7. The fraction of sp³-hybridized carbons (Fsp3) is 0.714. The Labute approximate surface area is 114 Å². The minimum atomic E-state index is 0.146. The Morgan fingerprint density at radius 3 is 3.16 bits per heavy atom. The number of rotatable bonds is 5. The zero-order valence-corrected chi connectivity index (χ0v) is 11.9. The molecule has 1 amide bonds. The van der Waals surface area contributed by atoms with Gasteiger partial charge in [0.15, 0.2) is 0 Å². The van der Waals surface area contributed by atoms with Gasteiger partial charge in [-0.25, -0.2) is 4.98 Å². The number of aromatic amines is 1. The first-order valence-electron chi connectivity index (χ1n) is 7.17. The smallest absolute Gasteiger partial charge is 0.224 e. The van der Waals surface area contributed by atoms with E-state index in [2.05, 4.69) is 34.0 Å². The topological polar surface area (TPSA) is 61.0 Å². The number of aromatic nitrogens is 2. The highest BCUT2D eigenvalue weighted by molar-refractivity contribution is 5.78. The summed E-state index contributed by atoms with van der Waals surface area (Å²) in [5, 5.41) is 3.02. The molecule has 0 unspecified atom stereocenters. The summed E-state index contributed by atoms with van der Waals surface area (Å²) < 4.78 is 0. The summed E-state index contributed by atoms with van der Waals surface area (Å²) in [6.07, 6.45) is 6.43. The van der Waals surface area contributed by atoms with Gasteiger partial charge in [-0.05, 0) is 33.2 Å². The van der Waals surface area contributed by atoms with Crippen molar-refractivity contribution in [3.8, 4) is 0 Å². The quantitative estimate of drug-likeness (QED) is 0.840. The lowest BCUT2D eigenvalue weighted by Gasteiger charge is -2.34. The molecule has 106 valence electrons. The number of nitrogens with zero attached hydrogens (tertiary/aromatic N) is 2. The summed E-state index contributed by atoms with van der Waals surface area (Å²) >= 11 is 0. The molecule has 5 heteroatoms. The lowest BCUT2D eigenvalue weighted by molar-refractivity contribution is -0.126. The lowest BCUT2D eigenvalue weighted by atomic mass is 9.96. The Kier molecular flexibility index (Phi) is 4.96. The van der Waals surface area contributed by atoms with E-state index in [1.165, 1.54) is 0 Å². The zero-order chi connectivity index (χ0) is 13.7. The van der Waals surface area contributed by atoms with Crippen molar-refractivity contribution in [3.05, 3.63) is 18.2 Å². The van der Waals surface area contributed by atoms with E-state index in [0.717, 1.165) is 38.2 Å². The maximum atomic E-state index is 12.1. The first-order valence-corrected chi connectivity index (χ1v) is 7.17. The molecule has 5 nitrogen and oxygen atoms in total. The van der Waals surface area contributed by atoms with E-state index in [0.29, 0.717) is 12.6 Å². The third-order valence-electron chi connectivity index (χ3n) is 3.77. The van der Waals surface area contributed by atoms with Gasteiger partial charge in [-0.1, -0.05) is 0 Å². The summed E-state index contributed by atoms with van der Waals surface area (Å²) in [5.41, 5.74) is 0. The highest BCUT2D eigenvalue weighted by Crippen LogP contribution is 2.18. The molecule has 1 atom stereocenters. The Balaban J connectivity index is 1.73. The molecule has 1 aromatic heterocycles. The Morgan fingerprint density at radius 1 is 1.63 bits per heavy atom. The largest absolute Gasteiger partial charge is 0.355 e. The maximum Gasteiger partial charge on any atom is 0.224 e. The molecule has 0 aliphatic carbocycles. The van der Waals surface area contributed by atoms with Crippen molar-refractivity contribution >= 4 is 5.91 Å². The first kappa shape index (κ1) is 14.1. The standard InChI is InChI=1S/C14H24N4O/c1-11(2)18-9-3-4-12(10-18)14(19)17-6-5-13-15-7-8-16-13/h7-8,11-12H,3-6,9-10H2,1-2H3,(H,15,16)(H,17,19)/t12-/m1/s1. The van der Waals surface area contributed by atoms with Crippen LogP contribution < -0.4 is 5.32 Å². The molecule has 2 N–H and O–H groups in total. The highest BCUT2D eigenvalue weighted by atomic mass is 16.1. The summed E-state index contributed by atoms with van der Waals surface area (Å²) in [6, 6.07) is 0.527. The van der Waals surface area contributed by atoms with Gasteiger partial charge in [0.1, 0.15) is 5.82 Å². The van der Waals surface area contributed by atoms with E-state index >= 15 is 0 Å². The van der Waals surface area contributed by atoms with Crippen molar-refractivity contribution in [3.63, 3.8) is 0 Å². The summed E-state index contributed by atoms with van der Waals surface area (Å²) in [4.78, 5) is 21.7. The van der Waals surface area contributed by atoms with Crippen molar-refractivity contribution in [1.29, 1.82) is 0 Å². The van der Waals surface area contributed by atoms with E-state index in [1.807, 2.05) is 0 Å². The third kappa shape index (κ3) is 4.06. The van der Waals surface area contributed by atoms with Crippen LogP contribution in [-0.2, 0) is 11.2 Å². The van der Waals surface area contributed by atoms with Crippen molar-refractivity contribution in [1.82, 2.24) is 20.2 Å². The second-order valence-electron chi connectivity index (χ2n) is 5.50. The third-order valence-corrected chi connectivity index (χ3v) is 3.77. The van der Waals surface area contributed by atoms with Gasteiger partial charge < -0.3 is 15.2 Å². The molecule has 0 radical (unpaired) electrons. The number of nitrogens with one attached hydrogen (secondary N) is 2. The molecule has 0 aromatic carbocycles. The molecule has 1 aliphatic heterocycles. The first-order chi connectivity index (χ1) is 9.16. The minimum Gasteiger partial charge on any atom is -0.355 e. The van der Waals surface area contributed by atoms with Crippen LogP contribution >= 0.6 is 0 Å². The fourth-order valence-electron chi connectivity index (χ4n) is 2.57. The van der Waals surface area contributed by atoms with Crippen LogP contribution in [0.4, 0.5) is 0 Å². The Hall–Kier alpha value is -1.36. The molecular weight excluding hydrogens is 240 g/mol. The number of likely N-dealkylation sites (tertiary alicyclic amines) is 1. The molecule has 19 heavy (non-hydrogen) atoms. The van der Waals surface area contributed by atoms with Crippen LogP contribution in [0.1, 0.15) is 32.5 Å². The molecule has 0 saturated carbocycles. The van der Waals surface area contributed by atoms with Crippen LogP contribution in [0.25, 0.3) is 0 Å². The van der Waals surface area contributed by atoms with Crippen molar-refractivity contribution < 1.29 is 4.79 Å². The van der Waals surface area contributed by atoms with Gasteiger partial charge in [-0.15, -0.1) is 0 Å². The van der Waals surface area contributed by atoms with Crippen LogP contribution in [-0.4, -0.2) is 46.5 Å². The second-order valence-corrected chi connectivity index (χ2v) is 5.50. The van der Waals surface area contributed by atoms with Gasteiger partial charge in [0.05, 0.1) is 5.92 Å². The van der Waals surface area contributed by atoms with Crippen LogP contribution in [0.3, 0.4) is 0 Å². The number of hydrogen-bond acceptors (Lipinski definition) is 3. The molecule has 1 fully saturated rings. The van der Waals surface area contributed by atoms with Crippen molar-refractivity contribution in [2.75, 3.05) is 19.6 Å². The summed E-state index contributed by atoms with van der Waals surface area (Å²) in [5.74, 6) is 1.26. The van der Waals surface area contributed by atoms with Crippen LogP contribution in [0, 0.1) is 5.92 Å². The monoisotopic (exact) mass is 264 g/mol. The van der Waals surface area contributed by atoms with Crippen molar-refractivity contribution in [2.45, 2.75) is 39.2 Å². The summed E-state index contributed by atoms with van der Waals surface area (Å²) in [6.45, 7) is 7.05. The lowest BCUT2D eigenvalue weighted by Crippen LogP contribution is -2.45. The SMILES string of the molecule is CC(C)N1CCC[C@@H](C(=O)NCCc2ncc[nH]2)C1. The number of H-pyrrole nitrogens is 1. The number of piperidine rings is 1. The van der Waals surface area contributed by atoms with Gasteiger partial charge in [0.25, 0.3) is 0 Å². The van der Waals surface area contributed by atoms with Gasteiger partial charge in [0, 0.05) is 37.9 Å². The molecule has 2 rings (SSSR count). The average Bonchev–Trinajstić information content (AvgIpc) is 2.92. The van der Waals surface area contributed by atoms with Gasteiger partial charge >= 0.3 is 0 Å². The number of imidazole rings is 1. The molecule has 1 saturated heterocycles. The molecule has 2 heterocycles. The van der Waals surface area contributed by atoms with E-state index in [9.17, 15) is 4.79 Å². The molecule has 0 bridgehead atoms. The minimum absolute atomic E-state index is 0.146. The van der Waals surface area contributed by atoms with Crippen LogP contribution in [0.2, 0.25) is 0 Å². The van der Waals surface area contributed by atoms with Gasteiger partial charge in [-0.3, -0.25) is 4.79 Å². The molecule has 1 aliphatic rings. The number of hydrogen-bond donors (Lipinski definition) is 2. The molecular formula is C14H24N4O. The van der Waals surface area contributed by atoms with Gasteiger partial charge in [0.2, 0.25) is 5.91 Å². The van der Waals surface area contributed by atoms with Gasteiger partial charge in [-0.2, -0.15) is 0 Å².